The van der Waals surface area contributed by atoms with Gasteiger partial charge in [0.25, 0.3) is 0 Å². The van der Waals surface area contributed by atoms with Gasteiger partial charge in [0.2, 0.25) is 0 Å². The second-order valence-corrected chi connectivity index (χ2v) is 38.3. The number of rotatable bonds is 25. The molecule has 2 aromatic heterocycles. The Morgan fingerprint density at radius 3 is 0.493 bits per heavy atom. The van der Waals surface area contributed by atoms with Crippen molar-refractivity contribution < 1.29 is 0 Å². The molecule has 4 nitrogen and oxygen atoms in total. The quantitative estimate of drug-likeness (QED) is 0.0565. The van der Waals surface area contributed by atoms with Crippen LogP contribution in [0.2, 0.25) is 0 Å². The van der Waals surface area contributed by atoms with Gasteiger partial charge in [-0.3, -0.25) is 0 Å². The lowest BCUT2D eigenvalue weighted by Crippen LogP contribution is -2.10. The van der Waals surface area contributed by atoms with Gasteiger partial charge in [0.15, 0.2) is 0 Å². The van der Waals surface area contributed by atoms with Crippen molar-refractivity contribution in [1.29, 1.82) is 0 Å². The van der Waals surface area contributed by atoms with Gasteiger partial charge in [-0.05, 0) is 367 Å². The number of aryl methyl sites for hydroxylation is 4. The smallest absolute Gasteiger partial charge is 0.0464 e. The van der Waals surface area contributed by atoms with Crippen LogP contribution in [0.1, 0.15) is 33.4 Å². The maximum atomic E-state index is 2.40. The van der Waals surface area contributed by atoms with E-state index < -0.39 is 0 Å². The third kappa shape index (κ3) is 18.4. The molecule has 0 amide bonds. The average Bonchev–Trinajstić information content (AvgIpc) is 1.59. The molecule has 20 aromatic carbocycles. The molecule has 0 atom stereocenters. The molecule has 0 radical (unpaired) electrons. The predicted octanol–water partition coefficient (Wildman–Crippen LogP) is 39.2. The van der Waals surface area contributed by atoms with E-state index in [2.05, 4.69) is 571 Å². The summed E-state index contributed by atoms with van der Waals surface area (Å²) in [5.41, 5.74) is 46.6. The van der Waals surface area contributed by atoms with Crippen LogP contribution in [0.25, 0.3) is 142 Å². The third-order valence-electron chi connectivity index (χ3n) is 27.3. The second kappa shape index (κ2) is 39.4. The van der Waals surface area contributed by atoms with Crippen LogP contribution in [0.4, 0.5) is 68.2 Å². The Balaban J connectivity index is 0.520. The molecule has 0 saturated carbocycles. The molecule has 0 spiro atoms. The minimum atomic E-state index is 1.07. The van der Waals surface area contributed by atoms with E-state index in [1.807, 2.05) is 22.7 Å². The summed E-state index contributed by atoms with van der Waals surface area (Å²) in [6.07, 6.45) is 0. The van der Waals surface area contributed by atoms with E-state index in [1.54, 1.807) is 0 Å². The van der Waals surface area contributed by atoms with Crippen molar-refractivity contribution in [2.75, 3.05) is 19.6 Å². The number of anilines is 12. The molecule has 0 aliphatic carbocycles. The molecular formula is C134H102N4S2. The fourth-order valence-corrected chi connectivity index (χ4v) is 22.4. The van der Waals surface area contributed by atoms with Crippen molar-refractivity contribution in [1.82, 2.24) is 0 Å². The van der Waals surface area contributed by atoms with Gasteiger partial charge >= 0.3 is 0 Å². The summed E-state index contributed by atoms with van der Waals surface area (Å²) in [6, 6.07) is 186. The molecule has 0 unspecified atom stereocenters. The standard InChI is InChI=1S/C134H102N4S2/c1-91-85-123(135(115-59-43-103(44-60-115)97-27-13-7-14-28-97)116-61-45-104(46-62-116)98-29-15-8-16-30-98)75-79-127(91)131-83-84-132(139-131)128-80-76-124(86-92(128)2)136(117-63-47-105(48-64-117)99-31-17-9-18-32-99)121-71-55-109(56-72-121)111-39-25-41-113(89-111)114-42-26-40-112(90-114)110-57-73-122(74-58-110)138(120-69-53-108(54-70-120)102-37-23-12-24-38-102)126-78-82-130(94(4)88-126)134-96(6)95(5)133(140-134)129-81-77-125(87-93(129)3)137(118-65-49-106(50-66-118)100-33-19-10-20-34-100)119-67-51-107(52-68-119)101-35-21-11-22-36-101/h7-90H,1-6H3. The van der Waals surface area contributed by atoms with Crippen LogP contribution >= 0.6 is 22.7 Å². The Hall–Kier alpha value is -17.0. The van der Waals surface area contributed by atoms with Gasteiger partial charge in [-0.15, -0.1) is 22.7 Å². The van der Waals surface area contributed by atoms with Crippen molar-refractivity contribution >= 4 is 90.9 Å². The lowest BCUT2D eigenvalue weighted by atomic mass is 9.96. The summed E-state index contributed by atoms with van der Waals surface area (Å²) in [6.45, 7) is 13.6. The maximum Gasteiger partial charge on any atom is 0.0464 e. The van der Waals surface area contributed by atoms with Gasteiger partial charge in [-0.25, -0.2) is 0 Å². The molecule has 6 heteroatoms. The molecule has 2 heterocycles. The summed E-state index contributed by atoms with van der Waals surface area (Å²) < 4.78 is 0. The highest BCUT2D eigenvalue weighted by molar-refractivity contribution is 7.19. The van der Waals surface area contributed by atoms with Crippen LogP contribution in [-0.2, 0) is 0 Å². The molecule has 0 bridgehead atoms. The fourth-order valence-electron chi connectivity index (χ4n) is 19.7. The Kier molecular flexibility index (Phi) is 24.8. The molecule has 0 aliphatic rings. The SMILES string of the molecule is Cc1cc(N(c2ccc(-c3ccccc3)cc2)c2ccc(-c3ccccc3)cc2)ccc1-c1ccc(-c2ccc(N(c3ccc(-c4ccccc4)cc3)c3ccc(-c4cccc(-c5cccc(-c6ccc(N(c7ccc(-c8ccccc8)cc7)c7ccc(-c8sc(-c9ccc(N(c%10ccc(-c%11ccccc%11)cc%10)c%10ccc(-c%11ccccc%11)cc%10)cc9C)c(C)c8C)c(C)c7)cc6)c5)c4)cc3)cc2C)s1. The van der Waals surface area contributed by atoms with Gasteiger partial charge in [0.1, 0.15) is 0 Å². The van der Waals surface area contributed by atoms with E-state index in [4.69, 9.17) is 0 Å². The lowest BCUT2D eigenvalue weighted by Gasteiger charge is -2.27. The first-order valence-corrected chi connectivity index (χ1v) is 49.7. The number of nitrogens with zero attached hydrogens (tertiary/aromatic N) is 4. The van der Waals surface area contributed by atoms with E-state index in [0.29, 0.717) is 0 Å². The van der Waals surface area contributed by atoms with Crippen molar-refractivity contribution in [2.24, 2.45) is 0 Å². The zero-order valence-electron chi connectivity index (χ0n) is 79.1. The van der Waals surface area contributed by atoms with Crippen LogP contribution < -0.4 is 19.6 Å². The van der Waals surface area contributed by atoms with Crippen LogP contribution in [0.3, 0.4) is 0 Å². The largest absolute Gasteiger partial charge is 0.310 e. The molecule has 22 aromatic rings. The van der Waals surface area contributed by atoms with Crippen molar-refractivity contribution in [2.45, 2.75) is 41.5 Å². The molecule has 0 fully saturated rings. The molecule has 140 heavy (non-hydrogen) atoms. The second-order valence-electron chi connectivity index (χ2n) is 36.2. The number of hydrogen-bond acceptors (Lipinski definition) is 6. The summed E-state index contributed by atoms with van der Waals surface area (Å²) in [4.78, 5) is 14.6. The van der Waals surface area contributed by atoms with Gasteiger partial charge in [-0.2, -0.15) is 0 Å². The van der Waals surface area contributed by atoms with E-state index in [9.17, 15) is 0 Å². The number of hydrogen-bond donors (Lipinski definition) is 0. The first kappa shape index (κ1) is 88.3. The summed E-state index contributed by atoms with van der Waals surface area (Å²) in [5.74, 6) is 0. The molecule has 22 rings (SSSR count). The predicted molar refractivity (Wildman–Crippen MR) is 600 cm³/mol. The van der Waals surface area contributed by atoms with E-state index in [-0.39, 0.29) is 0 Å². The molecule has 0 N–H and O–H groups in total. The topological polar surface area (TPSA) is 13.0 Å². The third-order valence-corrected chi connectivity index (χ3v) is 29.9. The fraction of sp³-hybridized carbons (Fsp3) is 0.0448. The Bertz CT molecular complexity index is 7960. The summed E-state index contributed by atoms with van der Waals surface area (Å²) in [5, 5.41) is 0. The van der Waals surface area contributed by atoms with E-state index >= 15 is 0 Å². The van der Waals surface area contributed by atoms with Gasteiger partial charge in [0.05, 0.1) is 0 Å². The van der Waals surface area contributed by atoms with Crippen LogP contribution in [0, 0.1) is 41.5 Å². The first-order chi connectivity index (χ1) is 68.8. The minimum Gasteiger partial charge on any atom is -0.310 e. The highest BCUT2D eigenvalue weighted by atomic mass is 32.1. The molecular weight excluding hydrogens is 1730 g/mol. The molecule has 670 valence electrons. The van der Waals surface area contributed by atoms with Gasteiger partial charge in [0, 0.05) is 87.8 Å². The molecule has 0 aliphatic heterocycles. The number of thiophene rings is 2. The number of benzene rings is 20. The zero-order valence-corrected chi connectivity index (χ0v) is 80.7. The highest BCUT2D eigenvalue weighted by Crippen LogP contribution is 2.50. The summed E-state index contributed by atoms with van der Waals surface area (Å²) in [7, 11) is 0. The Morgan fingerprint density at radius 2 is 0.293 bits per heavy atom. The van der Waals surface area contributed by atoms with Gasteiger partial charge < -0.3 is 19.6 Å². The highest BCUT2D eigenvalue weighted by Gasteiger charge is 2.25. The van der Waals surface area contributed by atoms with Crippen LogP contribution in [-0.4, -0.2) is 0 Å². The maximum absolute atomic E-state index is 2.40. The normalized spacial score (nSPS) is 11.2. The minimum absolute atomic E-state index is 1.07. The van der Waals surface area contributed by atoms with E-state index in [1.165, 1.54) is 142 Å². The van der Waals surface area contributed by atoms with Crippen molar-refractivity contribution in [3.05, 3.63) is 543 Å². The van der Waals surface area contributed by atoms with E-state index in [0.717, 1.165) is 102 Å². The van der Waals surface area contributed by atoms with Crippen LogP contribution in [0.5, 0.6) is 0 Å². The molecule has 0 saturated heterocycles. The lowest BCUT2D eigenvalue weighted by molar-refractivity contribution is 1.27. The monoisotopic (exact) mass is 1830 g/mol. The first-order valence-electron chi connectivity index (χ1n) is 48.0. The van der Waals surface area contributed by atoms with Gasteiger partial charge in [-0.1, -0.05) is 340 Å². The Morgan fingerprint density at radius 1 is 0.129 bits per heavy atom. The Labute approximate surface area is 830 Å². The van der Waals surface area contributed by atoms with Crippen LogP contribution in [0.15, 0.2) is 510 Å². The zero-order chi connectivity index (χ0) is 94.5. The van der Waals surface area contributed by atoms with Crippen molar-refractivity contribution in [3.8, 4) is 142 Å². The average molecular weight is 1830 g/mol. The summed E-state index contributed by atoms with van der Waals surface area (Å²) >= 11 is 3.75. The van der Waals surface area contributed by atoms with Crippen molar-refractivity contribution in [3.63, 3.8) is 0 Å².